The van der Waals surface area contributed by atoms with Crippen LogP contribution in [0.5, 0.6) is 5.75 Å². The van der Waals surface area contributed by atoms with Crippen molar-refractivity contribution in [1.82, 2.24) is 14.5 Å². The number of thiocarbonyl (C=S) groups is 1. The quantitative estimate of drug-likeness (QED) is 0.0672. The number of hydrogen-bond acceptors (Lipinski definition) is 8. The molecule has 4 rings (SSSR count). The molecule has 0 aliphatic heterocycles. The van der Waals surface area contributed by atoms with Gasteiger partial charge in [0.15, 0.2) is 5.82 Å². The molecule has 2 heterocycles. The van der Waals surface area contributed by atoms with Gasteiger partial charge >= 0.3 is 7.82 Å². The number of nitrogens with two attached hydrogens (primary N) is 1. The van der Waals surface area contributed by atoms with E-state index in [1.807, 2.05) is 12.1 Å². The van der Waals surface area contributed by atoms with Crippen LogP contribution in [0.4, 0.5) is 5.82 Å². The number of isothiocyanates is 1. The number of ether oxygens (including phenoxy) is 1. The molecule has 218 valence electrons. The van der Waals surface area contributed by atoms with Gasteiger partial charge in [0.2, 0.25) is 0 Å². The van der Waals surface area contributed by atoms with Crippen LogP contribution in [0.25, 0.3) is 21.9 Å². The van der Waals surface area contributed by atoms with Crippen molar-refractivity contribution in [2.45, 2.75) is 58.9 Å². The molecule has 0 bridgehead atoms. The maximum Gasteiger partial charge on any atom is 0.524 e. The standard InChI is InChI=1S/C29H36N5O5PS/c1-3-4-8-26-33-27-28(34(26)18-22-10-12-25(20(2)16-22)39-40(35,36)37)23-11-9-21(17-24(23)32-29(27)30)7-5-14-38-15-6-13-31-19-41/h9-12,16-17H,3-8,13-15,18H2,1-2H3,(H2,30,32)(H2,35,36,37). The van der Waals surface area contributed by atoms with Crippen molar-refractivity contribution >= 4 is 53.0 Å². The molecule has 0 radical (unpaired) electrons. The fourth-order valence-corrected chi connectivity index (χ4v) is 5.40. The third-order valence-corrected chi connectivity index (χ3v) is 7.34. The van der Waals surface area contributed by atoms with E-state index in [9.17, 15) is 14.4 Å². The number of phosphoric acid groups is 1. The summed E-state index contributed by atoms with van der Waals surface area (Å²) in [4.78, 5) is 31.9. The van der Waals surface area contributed by atoms with Gasteiger partial charge in [-0.15, -0.1) is 0 Å². The second kappa shape index (κ2) is 14.1. The first-order valence-electron chi connectivity index (χ1n) is 13.7. The van der Waals surface area contributed by atoms with E-state index in [0.29, 0.717) is 43.2 Å². The summed E-state index contributed by atoms with van der Waals surface area (Å²) in [7, 11) is -4.64. The molecule has 12 heteroatoms. The van der Waals surface area contributed by atoms with Crippen LogP contribution in [0.15, 0.2) is 41.4 Å². The minimum atomic E-state index is -4.64. The minimum Gasteiger partial charge on any atom is -0.404 e. The molecule has 0 aliphatic carbocycles. The Morgan fingerprint density at radius 2 is 1.85 bits per heavy atom. The van der Waals surface area contributed by atoms with Gasteiger partial charge < -0.3 is 19.6 Å². The van der Waals surface area contributed by atoms with Gasteiger partial charge in [-0.1, -0.05) is 37.6 Å². The van der Waals surface area contributed by atoms with Gasteiger partial charge in [0.1, 0.15) is 17.1 Å². The number of hydrogen-bond donors (Lipinski definition) is 3. The van der Waals surface area contributed by atoms with Gasteiger partial charge in [-0.05, 0) is 73.6 Å². The lowest BCUT2D eigenvalue weighted by atomic mass is 10.1. The summed E-state index contributed by atoms with van der Waals surface area (Å²) < 4.78 is 24.0. The highest BCUT2D eigenvalue weighted by Crippen LogP contribution is 2.39. The number of phosphoric ester groups is 1. The Morgan fingerprint density at radius 3 is 2.59 bits per heavy atom. The zero-order valence-corrected chi connectivity index (χ0v) is 25.1. The van der Waals surface area contributed by atoms with Crippen molar-refractivity contribution in [3.8, 4) is 5.75 Å². The van der Waals surface area contributed by atoms with Crippen LogP contribution in [0.1, 0.15) is 55.1 Å². The van der Waals surface area contributed by atoms with Crippen LogP contribution in [0.2, 0.25) is 0 Å². The normalized spacial score (nSPS) is 11.7. The van der Waals surface area contributed by atoms with Crippen molar-refractivity contribution in [1.29, 1.82) is 0 Å². The van der Waals surface area contributed by atoms with Crippen LogP contribution >= 0.6 is 20.0 Å². The van der Waals surface area contributed by atoms with E-state index in [1.165, 1.54) is 0 Å². The summed E-state index contributed by atoms with van der Waals surface area (Å²) in [6.45, 7) is 6.38. The summed E-state index contributed by atoms with van der Waals surface area (Å²) in [6.07, 6.45) is 5.38. The first-order valence-corrected chi connectivity index (χ1v) is 15.7. The monoisotopic (exact) mass is 597 g/mol. The first-order chi connectivity index (χ1) is 19.7. The number of unbranched alkanes of at least 4 members (excludes halogenated alkanes) is 1. The summed E-state index contributed by atoms with van der Waals surface area (Å²) >= 11 is 4.57. The second-order valence-electron chi connectivity index (χ2n) is 9.99. The van der Waals surface area contributed by atoms with E-state index in [-0.39, 0.29) is 5.75 Å². The number of imidazole rings is 1. The molecule has 41 heavy (non-hydrogen) atoms. The molecule has 0 saturated carbocycles. The number of nitrogen functional groups attached to an aromatic ring is 1. The number of fused-ring (bicyclic) bond motifs is 3. The summed E-state index contributed by atoms with van der Waals surface area (Å²) in [6, 6.07) is 11.6. The number of aryl methyl sites for hydroxylation is 3. The van der Waals surface area contributed by atoms with Gasteiger partial charge in [-0.3, -0.25) is 9.79 Å². The van der Waals surface area contributed by atoms with Gasteiger partial charge in [-0.25, -0.2) is 19.5 Å². The minimum absolute atomic E-state index is 0.154. The molecular weight excluding hydrogens is 561 g/mol. The van der Waals surface area contributed by atoms with Gasteiger partial charge in [0.25, 0.3) is 0 Å². The topological polar surface area (TPSA) is 145 Å². The van der Waals surface area contributed by atoms with Crippen molar-refractivity contribution in [3.05, 3.63) is 58.9 Å². The predicted molar refractivity (Wildman–Crippen MR) is 165 cm³/mol. The first kappa shape index (κ1) is 30.8. The Kier molecular flexibility index (Phi) is 10.6. The van der Waals surface area contributed by atoms with E-state index in [1.54, 1.807) is 13.0 Å². The highest BCUT2D eigenvalue weighted by atomic mass is 32.1. The van der Waals surface area contributed by atoms with E-state index in [4.69, 9.17) is 25.0 Å². The fraction of sp³-hybridized carbons (Fsp3) is 0.414. The number of benzene rings is 2. The highest BCUT2D eigenvalue weighted by molar-refractivity contribution is 7.78. The molecular formula is C29H36N5O5PS. The second-order valence-corrected chi connectivity index (χ2v) is 11.3. The van der Waals surface area contributed by atoms with Crippen LogP contribution < -0.4 is 10.3 Å². The molecule has 0 aliphatic rings. The van der Waals surface area contributed by atoms with Crippen molar-refractivity contribution in [3.63, 3.8) is 0 Å². The third kappa shape index (κ3) is 8.20. The van der Waals surface area contributed by atoms with Gasteiger partial charge in [-0.2, -0.15) is 0 Å². The summed E-state index contributed by atoms with van der Waals surface area (Å²) in [5.41, 5.74) is 11.6. The van der Waals surface area contributed by atoms with E-state index < -0.39 is 7.82 Å². The van der Waals surface area contributed by atoms with Crippen LogP contribution in [0.3, 0.4) is 0 Å². The van der Waals surface area contributed by atoms with Crippen LogP contribution in [-0.4, -0.2) is 49.2 Å². The van der Waals surface area contributed by atoms with E-state index >= 15 is 0 Å². The molecule has 4 N–H and O–H groups in total. The Morgan fingerprint density at radius 1 is 1.07 bits per heavy atom. The molecule has 4 aromatic rings. The van der Waals surface area contributed by atoms with Gasteiger partial charge in [0.05, 0.1) is 22.7 Å². The average Bonchev–Trinajstić information content (AvgIpc) is 3.28. The smallest absolute Gasteiger partial charge is 0.404 e. The number of pyridine rings is 1. The summed E-state index contributed by atoms with van der Waals surface area (Å²) in [5.74, 6) is 1.47. The van der Waals surface area contributed by atoms with Crippen molar-refractivity contribution < 1.29 is 23.6 Å². The number of rotatable bonds is 15. The molecule has 0 spiro atoms. The maximum atomic E-state index is 11.3. The average molecular weight is 598 g/mol. The summed E-state index contributed by atoms with van der Waals surface area (Å²) in [5, 5.41) is 3.34. The number of aromatic nitrogens is 3. The van der Waals surface area contributed by atoms with Gasteiger partial charge in [0, 0.05) is 31.6 Å². The molecule has 2 aromatic heterocycles. The zero-order chi connectivity index (χ0) is 29.4. The molecule has 2 aromatic carbocycles. The zero-order valence-electron chi connectivity index (χ0n) is 23.4. The van der Waals surface area contributed by atoms with Crippen molar-refractivity contribution in [2.24, 2.45) is 4.99 Å². The van der Waals surface area contributed by atoms with E-state index in [2.05, 4.69) is 52.1 Å². The molecule has 0 unspecified atom stereocenters. The third-order valence-electron chi connectivity index (χ3n) is 6.78. The lowest BCUT2D eigenvalue weighted by Gasteiger charge is -2.14. The van der Waals surface area contributed by atoms with E-state index in [0.717, 1.165) is 71.9 Å². The lowest BCUT2D eigenvalue weighted by Crippen LogP contribution is -2.06. The molecule has 0 saturated heterocycles. The lowest BCUT2D eigenvalue weighted by molar-refractivity contribution is 0.131. The number of anilines is 1. The molecule has 10 nitrogen and oxygen atoms in total. The van der Waals surface area contributed by atoms with Crippen LogP contribution in [-0.2, 0) is 28.7 Å². The molecule has 0 amide bonds. The number of nitrogens with zero attached hydrogens (tertiary/aromatic N) is 4. The predicted octanol–water partition coefficient (Wildman–Crippen LogP) is 5.78. The molecule has 0 atom stereocenters. The Hall–Kier alpha value is -3.17. The maximum absolute atomic E-state index is 11.3. The Labute approximate surface area is 244 Å². The van der Waals surface area contributed by atoms with Crippen molar-refractivity contribution in [2.75, 3.05) is 25.5 Å². The Bertz CT molecular complexity index is 1610. The van der Waals surface area contributed by atoms with Crippen LogP contribution in [0, 0.1) is 6.92 Å². The highest BCUT2D eigenvalue weighted by Gasteiger charge is 2.20. The fourth-order valence-electron chi connectivity index (χ4n) is 4.85. The molecule has 0 fully saturated rings. The SMILES string of the molecule is CCCCc1nc2c(N)nc3cc(CCCOCCCN=C=S)ccc3c2n1Cc1ccc(OP(=O)(O)O)c(C)c1. The number of aliphatic imine (C=N–C) groups is 1. The Balaban J connectivity index is 1.62. The largest absolute Gasteiger partial charge is 0.524 e.